The van der Waals surface area contributed by atoms with Gasteiger partial charge in [-0.1, -0.05) is 140 Å². The van der Waals surface area contributed by atoms with E-state index in [1.165, 1.54) is 38.8 Å². The Balaban J connectivity index is 1.25. The van der Waals surface area contributed by atoms with Crippen LogP contribution in [0.1, 0.15) is 11.1 Å². The Bertz CT molecular complexity index is 2600. The molecule has 0 atom stereocenters. The summed E-state index contributed by atoms with van der Waals surface area (Å²) < 4.78 is 2.42. The minimum absolute atomic E-state index is 1.09. The molecule has 0 spiro atoms. The molecular weight excluding hydrogens is 667 g/mol. The lowest BCUT2D eigenvalue weighted by molar-refractivity contribution is 1.06. The molecule has 9 rings (SSSR count). The standard InChI is InChI=1S/C52H41N3/c1-38-17-15-16-26-50(38)54(44-22-11-5-12-23-44)52-39(2)49-37-48(35-36-51(49)55(52)45-24-13-6-14-25-45)53(46-31-27-42(28-32-46)40-18-7-3-8-19-40)47-33-29-43(30-34-47)41-20-9-4-10-21-41/h3-37H,1-2H3. The van der Waals surface area contributed by atoms with E-state index in [9.17, 15) is 0 Å². The van der Waals surface area contributed by atoms with E-state index in [0.29, 0.717) is 0 Å². The zero-order chi connectivity index (χ0) is 37.1. The Morgan fingerprint density at radius 2 is 0.800 bits per heavy atom. The van der Waals surface area contributed by atoms with E-state index in [2.05, 4.69) is 241 Å². The molecule has 8 aromatic carbocycles. The summed E-state index contributed by atoms with van der Waals surface area (Å²) in [5.74, 6) is 1.12. The lowest BCUT2D eigenvalue weighted by Crippen LogP contribution is -2.16. The van der Waals surface area contributed by atoms with Crippen molar-refractivity contribution in [2.24, 2.45) is 0 Å². The minimum atomic E-state index is 1.09. The SMILES string of the molecule is Cc1ccccc1N(c1ccccc1)c1c(C)c2cc(N(c3ccc(-c4ccccc4)cc3)c3ccc(-c4ccccc4)cc3)ccc2n1-c1ccccc1. The molecule has 0 fully saturated rings. The van der Waals surface area contributed by atoms with Gasteiger partial charge < -0.3 is 4.90 Å². The molecule has 9 aromatic rings. The maximum absolute atomic E-state index is 2.42. The summed E-state index contributed by atoms with van der Waals surface area (Å²) in [7, 11) is 0. The summed E-state index contributed by atoms with van der Waals surface area (Å²) in [6.07, 6.45) is 0. The van der Waals surface area contributed by atoms with Crippen LogP contribution in [0, 0.1) is 13.8 Å². The number of rotatable bonds is 9. The van der Waals surface area contributed by atoms with Crippen LogP contribution >= 0.6 is 0 Å². The summed E-state index contributed by atoms with van der Waals surface area (Å²) in [6.45, 7) is 4.46. The lowest BCUT2D eigenvalue weighted by Gasteiger charge is -2.29. The fourth-order valence-corrected chi connectivity index (χ4v) is 7.75. The van der Waals surface area contributed by atoms with Crippen LogP contribution in [0.15, 0.2) is 212 Å². The minimum Gasteiger partial charge on any atom is -0.310 e. The predicted molar refractivity (Wildman–Crippen MR) is 233 cm³/mol. The molecule has 0 unspecified atom stereocenters. The maximum Gasteiger partial charge on any atom is 0.126 e. The second-order valence-electron chi connectivity index (χ2n) is 13.9. The van der Waals surface area contributed by atoms with E-state index in [0.717, 1.165) is 45.5 Å². The van der Waals surface area contributed by atoms with E-state index in [-0.39, 0.29) is 0 Å². The molecule has 0 saturated heterocycles. The molecule has 0 aliphatic heterocycles. The Labute approximate surface area is 323 Å². The summed E-state index contributed by atoms with van der Waals surface area (Å²) >= 11 is 0. The van der Waals surface area contributed by atoms with Gasteiger partial charge in [0, 0.05) is 39.4 Å². The topological polar surface area (TPSA) is 11.4 Å². The number of anilines is 6. The normalized spacial score (nSPS) is 11.1. The molecule has 0 amide bonds. The largest absolute Gasteiger partial charge is 0.310 e. The molecule has 0 N–H and O–H groups in total. The van der Waals surface area contributed by atoms with Gasteiger partial charge in [-0.3, -0.25) is 9.47 Å². The van der Waals surface area contributed by atoms with Crippen molar-refractivity contribution in [3.05, 3.63) is 223 Å². The molecule has 0 aliphatic rings. The molecule has 0 radical (unpaired) electrons. The fraction of sp³-hybridized carbons (Fsp3) is 0.0385. The summed E-state index contributed by atoms with van der Waals surface area (Å²) in [6, 6.07) is 76.0. The van der Waals surface area contributed by atoms with Crippen LogP contribution in [0.4, 0.5) is 34.3 Å². The van der Waals surface area contributed by atoms with Gasteiger partial charge in [0.15, 0.2) is 0 Å². The molecule has 1 heterocycles. The zero-order valence-corrected chi connectivity index (χ0v) is 31.0. The molecule has 3 nitrogen and oxygen atoms in total. The fourth-order valence-electron chi connectivity index (χ4n) is 7.75. The number of aryl methyl sites for hydroxylation is 2. The average Bonchev–Trinajstić information content (AvgIpc) is 3.54. The van der Waals surface area contributed by atoms with Crippen molar-refractivity contribution in [3.8, 4) is 27.9 Å². The third-order valence-electron chi connectivity index (χ3n) is 10.5. The highest BCUT2D eigenvalue weighted by Gasteiger charge is 2.25. The molecule has 55 heavy (non-hydrogen) atoms. The van der Waals surface area contributed by atoms with Gasteiger partial charge in [-0.05, 0) is 114 Å². The first-order valence-corrected chi connectivity index (χ1v) is 18.9. The Hall–Kier alpha value is -7.10. The number of nitrogens with zero attached hydrogens (tertiary/aromatic N) is 3. The van der Waals surface area contributed by atoms with Gasteiger partial charge >= 0.3 is 0 Å². The van der Waals surface area contributed by atoms with Crippen molar-refractivity contribution in [2.75, 3.05) is 9.80 Å². The summed E-state index contributed by atoms with van der Waals surface area (Å²) in [5.41, 5.74) is 15.0. The van der Waals surface area contributed by atoms with Gasteiger partial charge in [0.2, 0.25) is 0 Å². The highest BCUT2D eigenvalue weighted by atomic mass is 15.3. The number of aromatic nitrogens is 1. The van der Waals surface area contributed by atoms with Gasteiger partial charge in [0.05, 0.1) is 11.2 Å². The van der Waals surface area contributed by atoms with Crippen molar-refractivity contribution in [2.45, 2.75) is 13.8 Å². The lowest BCUT2D eigenvalue weighted by atomic mass is 10.0. The predicted octanol–water partition coefficient (Wildman–Crippen LogP) is 14.5. The van der Waals surface area contributed by atoms with E-state index >= 15 is 0 Å². The number of hydrogen-bond acceptors (Lipinski definition) is 2. The van der Waals surface area contributed by atoms with Gasteiger partial charge in [-0.15, -0.1) is 0 Å². The molecule has 0 aliphatic carbocycles. The quantitative estimate of drug-likeness (QED) is 0.148. The Kier molecular flexibility index (Phi) is 9.03. The van der Waals surface area contributed by atoms with E-state index in [1.54, 1.807) is 0 Å². The molecular formula is C52H41N3. The Morgan fingerprint density at radius 3 is 1.35 bits per heavy atom. The van der Waals surface area contributed by atoms with E-state index in [4.69, 9.17) is 0 Å². The van der Waals surface area contributed by atoms with E-state index < -0.39 is 0 Å². The van der Waals surface area contributed by atoms with Gasteiger partial charge in [0.1, 0.15) is 5.82 Å². The summed E-state index contributed by atoms with van der Waals surface area (Å²) in [4.78, 5) is 4.79. The third-order valence-corrected chi connectivity index (χ3v) is 10.5. The maximum atomic E-state index is 2.42. The van der Waals surface area contributed by atoms with Gasteiger partial charge in [-0.2, -0.15) is 0 Å². The van der Waals surface area contributed by atoms with Crippen molar-refractivity contribution in [3.63, 3.8) is 0 Å². The van der Waals surface area contributed by atoms with Crippen LogP contribution in [-0.4, -0.2) is 4.57 Å². The van der Waals surface area contributed by atoms with Gasteiger partial charge in [0.25, 0.3) is 0 Å². The Morgan fingerprint density at radius 1 is 0.364 bits per heavy atom. The van der Waals surface area contributed by atoms with Crippen molar-refractivity contribution in [1.82, 2.24) is 4.57 Å². The highest BCUT2D eigenvalue weighted by Crippen LogP contribution is 2.46. The van der Waals surface area contributed by atoms with Crippen molar-refractivity contribution in [1.29, 1.82) is 0 Å². The molecule has 3 heteroatoms. The number of para-hydroxylation sites is 3. The smallest absolute Gasteiger partial charge is 0.126 e. The monoisotopic (exact) mass is 707 g/mol. The first-order chi connectivity index (χ1) is 27.1. The van der Waals surface area contributed by atoms with Crippen LogP contribution in [0.5, 0.6) is 0 Å². The van der Waals surface area contributed by atoms with Crippen molar-refractivity contribution >= 4 is 45.2 Å². The average molecular weight is 708 g/mol. The summed E-state index contributed by atoms with van der Waals surface area (Å²) in [5, 5.41) is 1.19. The third kappa shape index (κ3) is 6.47. The van der Waals surface area contributed by atoms with Crippen LogP contribution in [-0.2, 0) is 0 Å². The number of hydrogen-bond donors (Lipinski definition) is 0. The van der Waals surface area contributed by atoms with Crippen LogP contribution < -0.4 is 9.80 Å². The van der Waals surface area contributed by atoms with Crippen LogP contribution in [0.25, 0.3) is 38.8 Å². The number of benzene rings is 8. The van der Waals surface area contributed by atoms with Crippen molar-refractivity contribution < 1.29 is 0 Å². The molecule has 0 bridgehead atoms. The van der Waals surface area contributed by atoms with Crippen LogP contribution in [0.3, 0.4) is 0 Å². The second-order valence-corrected chi connectivity index (χ2v) is 13.9. The highest BCUT2D eigenvalue weighted by molar-refractivity contribution is 5.98. The van der Waals surface area contributed by atoms with Gasteiger partial charge in [-0.25, -0.2) is 0 Å². The first kappa shape index (κ1) is 33.7. The molecule has 0 saturated carbocycles. The molecule has 264 valence electrons. The van der Waals surface area contributed by atoms with E-state index in [1.807, 2.05) is 0 Å². The number of fused-ring (bicyclic) bond motifs is 1. The molecule has 1 aromatic heterocycles. The second kappa shape index (κ2) is 14.7. The zero-order valence-electron chi connectivity index (χ0n) is 31.0. The van der Waals surface area contributed by atoms with Crippen LogP contribution in [0.2, 0.25) is 0 Å². The first-order valence-electron chi connectivity index (χ1n) is 18.9.